The summed E-state index contributed by atoms with van der Waals surface area (Å²) in [6.45, 7) is 5.63. The second kappa shape index (κ2) is 4.74. The van der Waals surface area contributed by atoms with E-state index >= 15 is 0 Å². The Kier molecular flexibility index (Phi) is 2.88. The zero-order valence-corrected chi connectivity index (χ0v) is 12.0. The van der Waals surface area contributed by atoms with E-state index in [9.17, 15) is 0 Å². The summed E-state index contributed by atoms with van der Waals surface area (Å²) in [5.74, 6) is 0.816. The Morgan fingerprint density at radius 3 is 3.10 bits per heavy atom. The molecule has 3 nitrogen and oxygen atoms in total. The van der Waals surface area contributed by atoms with Crippen molar-refractivity contribution >= 4 is 16.6 Å². The predicted molar refractivity (Wildman–Crippen MR) is 83.2 cm³/mol. The number of fused-ring (bicyclic) bond motifs is 2. The first-order valence-electron chi connectivity index (χ1n) is 7.66. The van der Waals surface area contributed by atoms with Crippen molar-refractivity contribution in [2.24, 2.45) is 5.92 Å². The van der Waals surface area contributed by atoms with Gasteiger partial charge in [0.1, 0.15) is 0 Å². The molecule has 104 valence electrons. The second-order valence-corrected chi connectivity index (χ2v) is 6.14. The highest BCUT2D eigenvalue weighted by molar-refractivity contribution is 5.92. The number of anilines is 1. The normalized spacial score (nSPS) is 25.9. The summed E-state index contributed by atoms with van der Waals surface area (Å²) in [5, 5.41) is 4.93. The predicted octanol–water partition coefficient (Wildman–Crippen LogP) is 2.73. The maximum Gasteiger partial charge on any atom is 0.0726 e. The van der Waals surface area contributed by atoms with Gasteiger partial charge in [0.05, 0.1) is 5.52 Å². The van der Waals surface area contributed by atoms with Crippen molar-refractivity contribution in [3.63, 3.8) is 0 Å². The topological polar surface area (TPSA) is 28.2 Å². The molecule has 2 fully saturated rings. The quantitative estimate of drug-likeness (QED) is 0.861. The summed E-state index contributed by atoms with van der Waals surface area (Å²) in [6.07, 6.45) is 2.59. The lowest BCUT2D eigenvalue weighted by Crippen LogP contribution is -2.44. The van der Waals surface area contributed by atoms with Gasteiger partial charge in [-0.25, -0.2) is 0 Å². The molecule has 1 aromatic heterocycles. The summed E-state index contributed by atoms with van der Waals surface area (Å²) < 4.78 is 0. The molecule has 2 aliphatic heterocycles. The SMILES string of the molecule is Cc1cc(N2CCC3NCCC3C2)c2ccccc2n1. The number of hydrogen-bond acceptors (Lipinski definition) is 3. The number of benzene rings is 1. The number of piperidine rings is 1. The van der Waals surface area contributed by atoms with E-state index in [0.717, 1.165) is 29.7 Å². The molecule has 4 rings (SSSR count). The molecule has 3 heteroatoms. The van der Waals surface area contributed by atoms with E-state index in [1.54, 1.807) is 0 Å². The van der Waals surface area contributed by atoms with Crippen molar-refractivity contribution in [1.29, 1.82) is 0 Å². The third-order valence-corrected chi connectivity index (χ3v) is 4.82. The van der Waals surface area contributed by atoms with Crippen LogP contribution in [0.3, 0.4) is 0 Å². The minimum absolute atomic E-state index is 0.750. The zero-order chi connectivity index (χ0) is 13.5. The first-order valence-corrected chi connectivity index (χ1v) is 7.66. The largest absolute Gasteiger partial charge is 0.371 e. The Balaban J connectivity index is 1.74. The number of pyridine rings is 1. The van der Waals surface area contributed by atoms with Gasteiger partial charge in [-0.15, -0.1) is 0 Å². The van der Waals surface area contributed by atoms with Crippen LogP contribution in [0.2, 0.25) is 0 Å². The molecular formula is C17H21N3. The van der Waals surface area contributed by atoms with Crippen molar-refractivity contribution in [3.05, 3.63) is 36.0 Å². The summed E-state index contributed by atoms with van der Waals surface area (Å²) >= 11 is 0. The van der Waals surface area contributed by atoms with Crippen molar-refractivity contribution in [2.75, 3.05) is 24.5 Å². The third-order valence-electron chi connectivity index (χ3n) is 4.82. The molecule has 20 heavy (non-hydrogen) atoms. The van der Waals surface area contributed by atoms with E-state index < -0.39 is 0 Å². The fraction of sp³-hybridized carbons (Fsp3) is 0.471. The lowest BCUT2D eigenvalue weighted by molar-refractivity contribution is 0.377. The van der Waals surface area contributed by atoms with Crippen LogP contribution < -0.4 is 10.2 Å². The van der Waals surface area contributed by atoms with Gasteiger partial charge in [0, 0.05) is 35.9 Å². The van der Waals surface area contributed by atoms with Crippen LogP contribution in [0.1, 0.15) is 18.5 Å². The fourth-order valence-electron chi connectivity index (χ4n) is 3.81. The maximum absolute atomic E-state index is 4.66. The highest BCUT2D eigenvalue weighted by Crippen LogP contribution is 2.32. The van der Waals surface area contributed by atoms with Gasteiger partial charge in [0.25, 0.3) is 0 Å². The Labute approximate surface area is 120 Å². The number of hydrogen-bond donors (Lipinski definition) is 1. The average molecular weight is 267 g/mol. The van der Waals surface area contributed by atoms with Gasteiger partial charge >= 0.3 is 0 Å². The average Bonchev–Trinajstić information content (AvgIpc) is 2.93. The summed E-state index contributed by atoms with van der Waals surface area (Å²) in [5.41, 5.74) is 3.61. The molecule has 2 atom stereocenters. The Bertz CT molecular complexity index is 637. The fourth-order valence-corrected chi connectivity index (χ4v) is 3.81. The van der Waals surface area contributed by atoms with Crippen molar-refractivity contribution in [1.82, 2.24) is 10.3 Å². The van der Waals surface area contributed by atoms with Gasteiger partial charge in [-0.3, -0.25) is 4.98 Å². The molecule has 0 radical (unpaired) electrons. The van der Waals surface area contributed by atoms with Crippen LogP contribution in [0.4, 0.5) is 5.69 Å². The maximum atomic E-state index is 4.66. The molecule has 2 aromatic rings. The van der Waals surface area contributed by atoms with Gasteiger partial charge in [-0.2, -0.15) is 0 Å². The van der Waals surface area contributed by atoms with E-state index in [1.807, 2.05) is 0 Å². The molecule has 0 bridgehead atoms. The zero-order valence-electron chi connectivity index (χ0n) is 12.0. The van der Waals surface area contributed by atoms with Gasteiger partial charge in [0.2, 0.25) is 0 Å². The van der Waals surface area contributed by atoms with Gasteiger partial charge in [-0.1, -0.05) is 18.2 Å². The molecule has 3 heterocycles. The van der Waals surface area contributed by atoms with Crippen molar-refractivity contribution < 1.29 is 0 Å². The number of aryl methyl sites for hydroxylation is 1. The number of nitrogens with one attached hydrogen (secondary N) is 1. The molecule has 1 N–H and O–H groups in total. The number of rotatable bonds is 1. The molecule has 2 unspecified atom stereocenters. The minimum atomic E-state index is 0.750. The highest BCUT2D eigenvalue weighted by atomic mass is 15.2. The van der Waals surface area contributed by atoms with E-state index in [-0.39, 0.29) is 0 Å². The number of para-hydroxylation sites is 1. The van der Waals surface area contributed by atoms with Crippen molar-refractivity contribution in [2.45, 2.75) is 25.8 Å². The smallest absolute Gasteiger partial charge is 0.0726 e. The summed E-state index contributed by atoms with van der Waals surface area (Å²) in [7, 11) is 0. The van der Waals surface area contributed by atoms with E-state index in [0.29, 0.717) is 0 Å². The van der Waals surface area contributed by atoms with E-state index in [2.05, 4.69) is 52.5 Å². The first-order chi connectivity index (χ1) is 9.81. The monoisotopic (exact) mass is 267 g/mol. The molecule has 0 spiro atoms. The molecule has 0 amide bonds. The van der Waals surface area contributed by atoms with Crippen LogP contribution in [0.25, 0.3) is 10.9 Å². The Hall–Kier alpha value is -1.61. The molecule has 0 saturated carbocycles. The Morgan fingerprint density at radius 1 is 1.25 bits per heavy atom. The molecule has 2 saturated heterocycles. The van der Waals surface area contributed by atoms with Crippen LogP contribution in [0, 0.1) is 12.8 Å². The van der Waals surface area contributed by atoms with Gasteiger partial charge in [-0.05, 0) is 44.4 Å². The van der Waals surface area contributed by atoms with Crippen LogP contribution in [-0.4, -0.2) is 30.7 Å². The molecule has 2 aliphatic rings. The van der Waals surface area contributed by atoms with E-state index in [1.165, 1.54) is 37.0 Å². The van der Waals surface area contributed by atoms with Crippen LogP contribution >= 0.6 is 0 Å². The highest BCUT2D eigenvalue weighted by Gasteiger charge is 2.33. The standard InChI is InChI=1S/C17H21N3/c1-12-10-17(14-4-2-3-5-16(14)19-12)20-9-7-15-13(11-20)6-8-18-15/h2-5,10,13,15,18H,6-9,11H2,1H3. The number of aromatic nitrogens is 1. The summed E-state index contributed by atoms with van der Waals surface area (Å²) in [6, 6.07) is 11.5. The second-order valence-electron chi connectivity index (χ2n) is 6.14. The number of nitrogens with zero attached hydrogens (tertiary/aromatic N) is 2. The van der Waals surface area contributed by atoms with Gasteiger partial charge < -0.3 is 10.2 Å². The van der Waals surface area contributed by atoms with Crippen LogP contribution in [0.5, 0.6) is 0 Å². The summed E-state index contributed by atoms with van der Waals surface area (Å²) in [4.78, 5) is 7.23. The lowest BCUT2D eigenvalue weighted by atomic mass is 9.92. The minimum Gasteiger partial charge on any atom is -0.371 e. The molecule has 0 aliphatic carbocycles. The van der Waals surface area contributed by atoms with Gasteiger partial charge in [0.15, 0.2) is 0 Å². The van der Waals surface area contributed by atoms with Crippen LogP contribution in [-0.2, 0) is 0 Å². The van der Waals surface area contributed by atoms with Crippen molar-refractivity contribution in [3.8, 4) is 0 Å². The van der Waals surface area contributed by atoms with E-state index in [4.69, 9.17) is 0 Å². The van der Waals surface area contributed by atoms with Crippen LogP contribution in [0.15, 0.2) is 30.3 Å². The molecule has 1 aromatic carbocycles. The third kappa shape index (κ3) is 1.97. The lowest BCUT2D eigenvalue weighted by Gasteiger charge is -2.37. The molecular weight excluding hydrogens is 246 g/mol. The Morgan fingerprint density at radius 2 is 2.15 bits per heavy atom. The first kappa shape index (κ1) is 12.2.